The minimum Gasteiger partial charge on any atom is -0.304 e. The maximum Gasteiger partial charge on any atom is 0.00355 e. The summed E-state index contributed by atoms with van der Waals surface area (Å²) in [7, 11) is 2.24. The number of hydrogen-bond acceptors (Lipinski definition) is 1. The number of nitrogens with zero attached hydrogens (tertiary/aromatic N) is 1. The molecule has 0 aromatic heterocycles. The third-order valence-corrected chi connectivity index (χ3v) is 4.00. The molecule has 1 nitrogen and oxygen atoms in total. The molecule has 0 amide bonds. The fourth-order valence-electron chi connectivity index (χ4n) is 2.28. The van der Waals surface area contributed by atoms with E-state index in [9.17, 15) is 0 Å². The second-order valence-corrected chi connectivity index (χ2v) is 6.11. The van der Waals surface area contributed by atoms with Crippen LogP contribution in [0, 0.1) is 0 Å². The molecule has 110 valence electrons. The van der Waals surface area contributed by atoms with E-state index in [0.717, 1.165) is 0 Å². The highest BCUT2D eigenvalue weighted by molar-refractivity contribution is 4.57. The van der Waals surface area contributed by atoms with Gasteiger partial charge in [-0.05, 0) is 33.9 Å². The fourth-order valence-corrected chi connectivity index (χ4v) is 2.28. The molecule has 0 fully saturated rings. The van der Waals surface area contributed by atoms with E-state index in [0.29, 0.717) is 6.04 Å². The summed E-state index contributed by atoms with van der Waals surface area (Å²) < 4.78 is 0. The average molecular weight is 255 g/mol. The van der Waals surface area contributed by atoms with Crippen molar-refractivity contribution >= 4 is 0 Å². The molecule has 0 N–H and O–H groups in total. The zero-order valence-corrected chi connectivity index (χ0v) is 13.5. The molecule has 0 aliphatic carbocycles. The summed E-state index contributed by atoms with van der Waals surface area (Å²) in [5, 5.41) is 0. The molecule has 0 aliphatic rings. The van der Waals surface area contributed by atoms with Crippen LogP contribution in [-0.4, -0.2) is 24.5 Å². The molecular weight excluding hydrogens is 218 g/mol. The van der Waals surface area contributed by atoms with Crippen molar-refractivity contribution in [2.75, 3.05) is 13.6 Å². The van der Waals surface area contributed by atoms with E-state index in [4.69, 9.17) is 0 Å². The van der Waals surface area contributed by atoms with Gasteiger partial charge in [0.1, 0.15) is 0 Å². The first kappa shape index (κ1) is 18.0. The van der Waals surface area contributed by atoms with E-state index in [1.54, 1.807) is 0 Å². The van der Waals surface area contributed by atoms with Gasteiger partial charge in [-0.15, -0.1) is 0 Å². The maximum atomic E-state index is 2.45. The maximum absolute atomic E-state index is 2.45. The quantitative estimate of drug-likeness (QED) is 0.385. The zero-order valence-electron chi connectivity index (χ0n) is 13.5. The van der Waals surface area contributed by atoms with Crippen LogP contribution in [0.15, 0.2) is 0 Å². The Morgan fingerprint density at radius 3 is 1.44 bits per heavy atom. The van der Waals surface area contributed by atoms with Crippen molar-refractivity contribution in [2.45, 2.75) is 97.4 Å². The molecule has 0 saturated carbocycles. The van der Waals surface area contributed by atoms with Crippen LogP contribution in [0.1, 0.15) is 91.4 Å². The van der Waals surface area contributed by atoms with Gasteiger partial charge in [0.05, 0.1) is 0 Å². The molecule has 0 rings (SSSR count). The summed E-state index contributed by atoms with van der Waals surface area (Å²) >= 11 is 0. The number of unbranched alkanes of at least 4 members (excludes halogenated alkanes) is 10. The molecule has 0 heterocycles. The Bertz CT molecular complexity index is 154. The van der Waals surface area contributed by atoms with Gasteiger partial charge in [0.2, 0.25) is 0 Å². The second kappa shape index (κ2) is 13.4. The molecule has 0 radical (unpaired) electrons. The monoisotopic (exact) mass is 255 g/mol. The molecular formula is C17H37N. The van der Waals surface area contributed by atoms with E-state index in [1.807, 2.05) is 0 Å². The Labute approximate surface area is 116 Å². The van der Waals surface area contributed by atoms with E-state index in [2.05, 4.69) is 32.7 Å². The van der Waals surface area contributed by atoms with Gasteiger partial charge in [-0.3, -0.25) is 0 Å². The second-order valence-electron chi connectivity index (χ2n) is 6.11. The molecule has 0 aromatic carbocycles. The van der Waals surface area contributed by atoms with Crippen LogP contribution in [0.25, 0.3) is 0 Å². The first-order valence-electron chi connectivity index (χ1n) is 8.38. The molecule has 0 bridgehead atoms. The van der Waals surface area contributed by atoms with E-state index >= 15 is 0 Å². The largest absolute Gasteiger partial charge is 0.304 e. The predicted octanol–water partition coefficient (Wildman–Crippen LogP) is 5.64. The Morgan fingerprint density at radius 1 is 0.667 bits per heavy atom. The lowest BCUT2D eigenvalue weighted by Gasteiger charge is -2.20. The summed E-state index contributed by atoms with van der Waals surface area (Å²) in [6.45, 7) is 8.11. The minimum atomic E-state index is 0.702. The van der Waals surface area contributed by atoms with E-state index in [-0.39, 0.29) is 0 Å². The molecule has 0 spiro atoms. The SMILES string of the molecule is CCCCCCCCCCCCCN(C)C(C)C. The van der Waals surface area contributed by atoms with Gasteiger partial charge < -0.3 is 4.90 Å². The van der Waals surface area contributed by atoms with Crippen LogP contribution in [0.4, 0.5) is 0 Å². The molecule has 0 saturated heterocycles. The summed E-state index contributed by atoms with van der Waals surface area (Å²) in [6.07, 6.45) is 15.8. The highest BCUT2D eigenvalue weighted by Crippen LogP contribution is 2.11. The van der Waals surface area contributed by atoms with Gasteiger partial charge in [0, 0.05) is 6.04 Å². The predicted molar refractivity (Wildman–Crippen MR) is 84.2 cm³/mol. The highest BCUT2D eigenvalue weighted by atomic mass is 15.1. The number of rotatable bonds is 13. The van der Waals surface area contributed by atoms with Crippen LogP contribution >= 0.6 is 0 Å². The standard InChI is InChI=1S/C17H37N/c1-5-6-7-8-9-10-11-12-13-14-15-16-18(4)17(2)3/h17H,5-16H2,1-4H3. The van der Waals surface area contributed by atoms with Crippen LogP contribution < -0.4 is 0 Å². The van der Waals surface area contributed by atoms with Crippen molar-refractivity contribution in [3.63, 3.8) is 0 Å². The first-order valence-corrected chi connectivity index (χ1v) is 8.38. The first-order chi connectivity index (χ1) is 8.68. The molecule has 18 heavy (non-hydrogen) atoms. The molecule has 0 aliphatic heterocycles. The van der Waals surface area contributed by atoms with E-state index < -0.39 is 0 Å². The Hall–Kier alpha value is -0.0400. The van der Waals surface area contributed by atoms with Gasteiger partial charge in [-0.25, -0.2) is 0 Å². The third kappa shape index (κ3) is 12.4. The average Bonchev–Trinajstić information content (AvgIpc) is 2.35. The van der Waals surface area contributed by atoms with Crippen molar-refractivity contribution in [1.82, 2.24) is 4.90 Å². The Morgan fingerprint density at radius 2 is 1.06 bits per heavy atom. The lowest BCUT2D eigenvalue weighted by molar-refractivity contribution is 0.267. The Kier molecular flexibility index (Phi) is 13.4. The van der Waals surface area contributed by atoms with Gasteiger partial charge in [-0.1, -0.05) is 71.1 Å². The van der Waals surface area contributed by atoms with Crippen LogP contribution in [0.2, 0.25) is 0 Å². The Balaban J connectivity index is 3.03. The normalized spacial score (nSPS) is 11.7. The lowest BCUT2D eigenvalue weighted by atomic mass is 10.1. The summed E-state index contributed by atoms with van der Waals surface area (Å²) in [5.41, 5.74) is 0. The third-order valence-electron chi connectivity index (χ3n) is 4.00. The lowest BCUT2D eigenvalue weighted by Crippen LogP contribution is -2.27. The van der Waals surface area contributed by atoms with E-state index in [1.165, 1.54) is 77.2 Å². The summed E-state index contributed by atoms with van der Waals surface area (Å²) in [5.74, 6) is 0. The zero-order chi connectivity index (χ0) is 13.6. The van der Waals surface area contributed by atoms with Crippen LogP contribution in [0.5, 0.6) is 0 Å². The smallest absolute Gasteiger partial charge is 0.00355 e. The van der Waals surface area contributed by atoms with Crippen molar-refractivity contribution < 1.29 is 0 Å². The van der Waals surface area contributed by atoms with Gasteiger partial charge >= 0.3 is 0 Å². The molecule has 0 aromatic rings. The topological polar surface area (TPSA) is 3.24 Å². The number of hydrogen-bond donors (Lipinski definition) is 0. The molecule has 1 heteroatoms. The summed E-state index contributed by atoms with van der Waals surface area (Å²) in [6, 6.07) is 0.702. The van der Waals surface area contributed by atoms with Crippen molar-refractivity contribution in [2.24, 2.45) is 0 Å². The van der Waals surface area contributed by atoms with Gasteiger partial charge in [-0.2, -0.15) is 0 Å². The van der Waals surface area contributed by atoms with Crippen molar-refractivity contribution in [3.8, 4) is 0 Å². The fraction of sp³-hybridized carbons (Fsp3) is 1.00. The summed E-state index contributed by atoms with van der Waals surface area (Å²) in [4.78, 5) is 2.45. The van der Waals surface area contributed by atoms with Crippen LogP contribution in [-0.2, 0) is 0 Å². The van der Waals surface area contributed by atoms with Gasteiger partial charge in [0.15, 0.2) is 0 Å². The molecule has 0 atom stereocenters. The van der Waals surface area contributed by atoms with Crippen LogP contribution in [0.3, 0.4) is 0 Å². The minimum absolute atomic E-state index is 0.702. The van der Waals surface area contributed by atoms with Crippen molar-refractivity contribution in [3.05, 3.63) is 0 Å². The van der Waals surface area contributed by atoms with Gasteiger partial charge in [0.25, 0.3) is 0 Å². The van der Waals surface area contributed by atoms with Crippen molar-refractivity contribution in [1.29, 1.82) is 0 Å². The molecule has 0 unspecified atom stereocenters. The highest BCUT2D eigenvalue weighted by Gasteiger charge is 2.01.